The number of nitrogens with one attached hydrogen (secondary N) is 1. The van der Waals surface area contributed by atoms with E-state index in [0.717, 1.165) is 27.2 Å². The van der Waals surface area contributed by atoms with Gasteiger partial charge >= 0.3 is 5.97 Å². The summed E-state index contributed by atoms with van der Waals surface area (Å²) in [5, 5.41) is 12.5. The molecule has 0 aliphatic carbocycles. The van der Waals surface area contributed by atoms with Gasteiger partial charge < -0.3 is 10.4 Å². The maximum atomic E-state index is 12.3. The van der Waals surface area contributed by atoms with E-state index in [0.29, 0.717) is 5.01 Å². The van der Waals surface area contributed by atoms with Gasteiger partial charge in [-0.25, -0.2) is 14.8 Å². The lowest BCUT2D eigenvalue weighted by atomic mass is 10.1. The van der Waals surface area contributed by atoms with Crippen molar-refractivity contribution in [1.29, 1.82) is 0 Å². The lowest BCUT2D eigenvalue weighted by Crippen LogP contribution is -2.24. The number of hydrogen-bond donors (Lipinski definition) is 2. The Hall–Kier alpha value is -3.58. The van der Waals surface area contributed by atoms with E-state index in [2.05, 4.69) is 15.3 Å². The highest BCUT2D eigenvalue weighted by atomic mass is 32.1. The van der Waals surface area contributed by atoms with Gasteiger partial charge in [0.25, 0.3) is 0 Å². The van der Waals surface area contributed by atoms with Gasteiger partial charge in [0.1, 0.15) is 15.4 Å². The molecule has 2 aromatic heterocycles. The predicted octanol–water partition coefficient (Wildman–Crippen LogP) is 3.92. The largest absolute Gasteiger partial charge is 0.478 e. The average molecular weight is 403 g/mol. The number of amides is 1. The first-order valence-electron chi connectivity index (χ1n) is 8.99. The van der Waals surface area contributed by atoms with Crippen molar-refractivity contribution in [2.75, 3.05) is 0 Å². The number of aromatic nitrogens is 2. The van der Waals surface area contributed by atoms with Crippen LogP contribution in [0.1, 0.15) is 20.9 Å². The van der Waals surface area contributed by atoms with Crippen molar-refractivity contribution in [2.45, 2.75) is 13.0 Å². The molecule has 0 spiro atoms. The summed E-state index contributed by atoms with van der Waals surface area (Å²) < 4.78 is 0. The molecule has 0 saturated carbocycles. The number of carbonyl (C=O) groups excluding carboxylic acids is 1. The number of nitrogens with zero attached hydrogens (tertiary/aromatic N) is 2. The number of aromatic carboxylic acids is 1. The number of pyridine rings is 1. The third-order valence-corrected chi connectivity index (χ3v) is 5.31. The first kappa shape index (κ1) is 18.8. The summed E-state index contributed by atoms with van der Waals surface area (Å²) in [6, 6.07) is 20.3. The molecule has 0 bridgehead atoms. The van der Waals surface area contributed by atoms with Crippen LogP contribution in [0.4, 0.5) is 0 Å². The van der Waals surface area contributed by atoms with E-state index in [9.17, 15) is 9.59 Å². The normalized spacial score (nSPS) is 10.8. The highest BCUT2D eigenvalue weighted by Gasteiger charge is 2.11. The second-order valence-corrected chi connectivity index (χ2v) is 7.52. The topological polar surface area (TPSA) is 92.2 Å². The van der Waals surface area contributed by atoms with Gasteiger partial charge in [0.05, 0.1) is 17.7 Å². The highest BCUT2D eigenvalue weighted by molar-refractivity contribution is 7.18. The first-order valence-corrected chi connectivity index (χ1v) is 9.81. The molecule has 2 N–H and O–H groups in total. The van der Waals surface area contributed by atoms with Crippen molar-refractivity contribution in [3.05, 3.63) is 82.9 Å². The number of benzene rings is 2. The van der Waals surface area contributed by atoms with Gasteiger partial charge in [0, 0.05) is 12.1 Å². The van der Waals surface area contributed by atoms with E-state index in [4.69, 9.17) is 5.11 Å². The van der Waals surface area contributed by atoms with E-state index in [1.165, 1.54) is 17.4 Å². The summed E-state index contributed by atoms with van der Waals surface area (Å²) in [5.74, 6) is -1.16. The van der Waals surface area contributed by atoms with Crippen LogP contribution in [0.2, 0.25) is 0 Å². The second kappa shape index (κ2) is 8.20. The standard InChI is InChI=1S/C22H17N3O3S/c26-19(23-13-14-5-4-8-16(11-14)22(27)28)12-20-24-18-10-9-17(25-21(18)29-20)15-6-2-1-3-7-15/h1-11H,12-13H2,(H,23,26)(H,27,28). The first-order chi connectivity index (χ1) is 14.1. The molecular formula is C22H17N3O3S. The van der Waals surface area contributed by atoms with Gasteiger partial charge in [-0.15, -0.1) is 0 Å². The molecule has 0 unspecified atom stereocenters. The Balaban J connectivity index is 1.43. The highest BCUT2D eigenvalue weighted by Crippen LogP contribution is 2.25. The third-order valence-electron chi connectivity index (χ3n) is 4.34. The predicted molar refractivity (Wildman–Crippen MR) is 112 cm³/mol. The maximum Gasteiger partial charge on any atom is 0.335 e. The Morgan fingerprint density at radius 2 is 1.79 bits per heavy atom. The number of fused-ring (bicyclic) bond motifs is 1. The van der Waals surface area contributed by atoms with Crippen LogP contribution in [0.15, 0.2) is 66.7 Å². The van der Waals surface area contributed by atoms with Crippen LogP contribution in [0.3, 0.4) is 0 Å². The molecule has 4 aromatic rings. The van der Waals surface area contributed by atoms with Crippen LogP contribution in [-0.4, -0.2) is 27.0 Å². The molecule has 0 aliphatic rings. The molecule has 7 heteroatoms. The van der Waals surface area contributed by atoms with E-state index in [-0.39, 0.29) is 24.4 Å². The van der Waals surface area contributed by atoms with Gasteiger partial charge in [0.2, 0.25) is 5.91 Å². The minimum Gasteiger partial charge on any atom is -0.478 e. The van der Waals surface area contributed by atoms with Crippen LogP contribution in [-0.2, 0) is 17.8 Å². The summed E-state index contributed by atoms with van der Waals surface area (Å²) in [5.41, 5.74) is 3.60. The molecular weight excluding hydrogens is 386 g/mol. The summed E-state index contributed by atoms with van der Waals surface area (Å²) in [4.78, 5) is 33.3. The van der Waals surface area contributed by atoms with Gasteiger partial charge in [-0.05, 0) is 29.8 Å². The van der Waals surface area contributed by atoms with Crippen LogP contribution < -0.4 is 5.32 Å². The monoisotopic (exact) mass is 403 g/mol. The van der Waals surface area contributed by atoms with Gasteiger partial charge in [0.15, 0.2) is 0 Å². The minimum atomic E-state index is -0.991. The fourth-order valence-electron chi connectivity index (χ4n) is 2.92. The molecule has 0 radical (unpaired) electrons. The van der Waals surface area contributed by atoms with E-state index < -0.39 is 5.97 Å². The molecule has 29 heavy (non-hydrogen) atoms. The number of hydrogen-bond acceptors (Lipinski definition) is 5. The maximum absolute atomic E-state index is 12.3. The molecule has 0 fully saturated rings. The van der Waals surface area contributed by atoms with Crippen molar-refractivity contribution < 1.29 is 14.7 Å². The van der Waals surface area contributed by atoms with Gasteiger partial charge in [-0.3, -0.25) is 4.79 Å². The van der Waals surface area contributed by atoms with Crippen LogP contribution in [0, 0.1) is 0 Å². The third kappa shape index (κ3) is 4.47. The van der Waals surface area contributed by atoms with Crippen molar-refractivity contribution in [3.8, 4) is 11.3 Å². The summed E-state index contributed by atoms with van der Waals surface area (Å²) >= 11 is 1.40. The fourth-order valence-corrected chi connectivity index (χ4v) is 3.85. The number of carboxylic acid groups (broad SMARTS) is 1. The second-order valence-electron chi connectivity index (χ2n) is 6.45. The zero-order chi connectivity index (χ0) is 20.2. The van der Waals surface area contributed by atoms with E-state index >= 15 is 0 Å². The van der Waals surface area contributed by atoms with Crippen molar-refractivity contribution in [1.82, 2.24) is 15.3 Å². The quantitative estimate of drug-likeness (QED) is 0.509. The van der Waals surface area contributed by atoms with Crippen molar-refractivity contribution in [2.24, 2.45) is 0 Å². The average Bonchev–Trinajstić information content (AvgIpc) is 3.14. The van der Waals surface area contributed by atoms with Crippen LogP contribution in [0.5, 0.6) is 0 Å². The smallest absolute Gasteiger partial charge is 0.335 e. The number of carbonyl (C=O) groups is 2. The molecule has 2 heterocycles. The fraction of sp³-hybridized carbons (Fsp3) is 0.0909. The van der Waals surface area contributed by atoms with E-state index in [1.54, 1.807) is 18.2 Å². The van der Waals surface area contributed by atoms with Gasteiger partial charge in [-0.1, -0.05) is 53.8 Å². The Morgan fingerprint density at radius 1 is 0.966 bits per heavy atom. The Morgan fingerprint density at radius 3 is 2.59 bits per heavy atom. The van der Waals surface area contributed by atoms with E-state index in [1.807, 2.05) is 42.5 Å². The molecule has 0 aliphatic heterocycles. The molecule has 0 atom stereocenters. The summed E-state index contributed by atoms with van der Waals surface area (Å²) in [6.45, 7) is 0.265. The molecule has 4 rings (SSSR count). The van der Waals surface area contributed by atoms with Crippen LogP contribution in [0.25, 0.3) is 21.6 Å². The molecule has 2 aromatic carbocycles. The van der Waals surface area contributed by atoms with Crippen LogP contribution >= 0.6 is 11.3 Å². The Kier molecular flexibility index (Phi) is 5.31. The summed E-state index contributed by atoms with van der Waals surface area (Å²) in [6.07, 6.45) is 0.153. The molecule has 144 valence electrons. The Bertz CT molecular complexity index is 1190. The molecule has 6 nitrogen and oxygen atoms in total. The molecule has 1 amide bonds. The molecule has 0 saturated heterocycles. The zero-order valence-electron chi connectivity index (χ0n) is 15.3. The minimum absolute atomic E-state index is 0.153. The lowest BCUT2D eigenvalue weighted by molar-refractivity contribution is -0.120. The zero-order valence-corrected chi connectivity index (χ0v) is 16.1. The SMILES string of the molecule is O=C(Cc1nc2ccc(-c3ccccc3)nc2s1)NCc1cccc(C(=O)O)c1. The summed E-state index contributed by atoms with van der Waals surface area (Å²) in [7, 11) is 0. The van der Waals surface area contributed by atoms with Crippen molar-refractivity contribution in [3.63, 3.8) is 0 Å². The Labute approximate surface area is 170 Å². The number of thiazole rings is 1. The van der Waals surface area contributed by atoms with Gasteiger partial charge in [-0.2, -0.15) is 0 Å². The lowest BCUT2D eigenvalue weighted by Gasteiger charge is -2.05. The number of rotatable bonds is 6. The number of carboxylic acids is 1. The van der Waals surface area contributed by atoms with Crippen molar-refractivity contribution >= 4 is 33.6 Å².